The topological polar surface area (TPSA) is 95.3 Å². The van der Waals surface area contributed by atoms with Gasteiger partial charge in [0.25, 0.3) is 0 Å². The van der Waals surface area contributed by atoms with Gasteiger partial charge in [0, 0.05) is 11.3 Å². The number of nitrogens with one attached hydrogen (secondary N) is 1. The summed E-state index contributed by atoms with van der Waals surface area (Å²) in [6.07, 6.45) is 6.71. The fourth-order valence-corrected chi connectivity index (χ4v) is 3.74. The third-order valence-electron chi connectivity index (χ3n) is 3.60. The molecule has 154 valence electrons. The van der Waals surface area contributed by atoms with Crippen LogP contribution in [0.15, 0.2) is 5.38 Å². The zero-order chi connectivity index (χ0) is 21.3. The van der Waals surface area contributed by atoms with E-state index in [1.165, 1.54) is 22.7 Å². The molecule has 0 radical (unpaired) electrons. The summed E-state index contributed by atoms with van der Waals surface area (Å²) >= 11 is 2.86. The quantitative estimate of drug-likeness (QED) is 0.638. The lowest BCUT2D eigenvalue weighted by molar-refractivity contribution is -0.159. The number of hydrogen-bond acceptors (Lipinski definition) is 7. The minimum Gasteiger partial charge on any atom is -0.389 e. The molecular weight excluding hydrogens is 415 g/mol. The largest absolute Gasteiger partial charge is 0.411 e. The first kappa shape index (κ1) is 24.0. The van der Waals surface area contributed by atoms with Crippen molar-refractivity contribution < 1.29 is 28.2 Å². The number of aliphatic hydroxyl groups is 2. The summed E-state index contributed by atoms with van der Waals surface area (Å²) in [7, 11) is 0. The van der Waals surface area contributed by atoms with Crippen LogP contribution in [0, 0.1) is 25.7 Å². The number of rotatable bonds is 4. The molecule has 0 saturated heterocycles. The van der Waals surface area contributed by atoms with Gasteiger partial charge in [-0.3, -0.25) is 4.79 Å². The summed E-state index contributed by atoms with van der Waals surface area (Å²) in [5.74, 6) is 0.239. The van der Waals surface area contributed by atoms with Crippen molar-refractivity contribution in [3.05, 3.63) is 16.1 Å². The fraction of sp³-hybridized carbons (Fsp3) is 0.471. The lowest BCUT2D eigenvalue weighted by atomic mass is 9.85. The number of alkyl halides is 3. The number of anilines is 1. The standard InChI is InChI=1S/C13H15N3O2S2.C2H3F3O.C2H2/c1-7-11(20-10(5-17)14-7)9-6-19-13(15-9)16-12(18)8-3-2-4-8;3-2(4,5)1-6;1-2/h6,8,17H,2-5H2,1H3,(H,15,16,18);6H,1H2;1-2H. The second kappa shape index (κ2) is 11.1. The van der Waals surface area contributed by atoms with Crippen LogP contribution in [0.4, 0.5) is 18.3 Å². The molecule has 0 bridgehead atoms. The summed E-state index contributed by atoms with van der Waals surface area (Å²) in [6, 6.07) is 0. The number of carbonyl (C=O) groups is 1. The smallest absolute Gasteiger partial charge is 0.389 e. The van der Waals surface area contributed by atoms with Crippen molar-refractivity contribution in [1.29, 1.82) is 0 Å². The van der Waals surface area contributed by atoms with E-state index in [2.05, 4.69) is 28.1 Å². The highest BCUT2D eigenvalue weighted by atomic mass is 32.1. The Hall–Kier alpha value is -2.00. The van der Waals surface area contributed by atoms with Gasteiger partial charge >= 0.3 is 6.18 Å². The molecule has 0 aliphatic heterocycles. The van der Waals surface area contributed by atoms with Crippen molar-refractivity contribution in [1.82, 2.24) is 9.97 Å². The molecule has 1 aliphatic carbocycles. The van der Waals surface area contributed by atoms with E-state index in [0.29, 0.717) is 10.1 Å². The monoisotopic (exact) mass is 435 g/mol. The lowest BCUT2D eigenvalue weighted by Gasteiger charge is -2.23. The van der Waals surface area contributed by atoms with Gasteiger partial charge in [0.1, 0.15) is 11.6 Å². The second-order valence-corrected chi connectivity index (χ2v) is 7.55. The van der Waals surface area contributed by atoms with Crippen LogP contribution in [0.2, 0.25) is 0 Å². The van der Waals surface area contributed by atoms with Crippen LogP contribution in [0.1, 0.15) is 30.0 Å². The number of hydrogen-bond donors (Lipinski definition) is 3. The number of amides is 1. The average molecular weight is 435 g/mol. The van der Waals surface area contributed by atoms with Gasteiger partial charge < -0.3 is 15.5 Å². The van der Waals surface area contributed by atoms with Gasteiger partial charge in [0.05, 0.1) is 22.9 Å². The van der Waals surface area contributed by atoms with E-state index in [1.54, 1.807) is 0 Å². The Bertz CT molecular complexity index is 783. The Balaban J connectivity index is 0.000000422. The number of aromatic nitrogens is 2. The zero-order valence-electron chi connectivity index (χ0n) is 15.0. The van der Waals surface area contributed by atoms with Crippen LogP contribution in [-0.2, 0) is 11.4 Å². The molecule has 1 fully saturated rings. The Morgan fingerprint density at radius 3 is 2.36 bits per heavy atom. The van der Waals surface area contributed by atoms with Gasteiger partial charge in [-0.25, -0.2) is 9.97 Å². The molecule has 2 aromatic heterocycles. The summed E-state index contributed by atoms with van der Waals surface area (Å²) in [5.41, 5.74) is 1.68. The summed E-state index contributed by atoms with van der Waals surface area (Å²) in [4.78, 5) is 21.5. The highest BCUT2D eigenvalue weighted by molar-refractivity contribution is 7.17. The van der Waals surface area contributed by atoms with Gasteiger partial charge in [0.2, 0.25) is 5.91 Å². The first-order chi connectivity index (χ1) is 13.2. The molecule has 0 atom stereocenters. The van der Waals surface area contributed by atoms with E-state index in [1.807, 2.05) is 12.3 Å². The molecule has 6 nitrogen and oxygen atoms in total. The number of halogens is 3. The molecule has 0 unspecified atom stereocenters. The number of aliphatic hydroxyl groups excluding tert-OH is 2. The van der Waals surface area contributed by atoms with Gasteiger partial charge in [-0.05, 0) is 19.8 Å². The van der Waals surface area contributed by atoms with Gasteiger partial charge in [-0.15, -0.1) is 35.5 Å². The Labute approximate surface area is 168 Å². The number of carbonyl (C=O) groups excluding carboxylic acids is 1. The van der Waals surface area contributed by atoms with Crippen molar-refractivity contribution in [2.24, 2.45) is 5.92 Å². The second-order valence-electron chi connectivity index (χ2n) is 5.61. The Morgan fingerprint density at radius 1 is 1.32 bits per heavy atom. The number of terminal acetylenes is 1. The molecule has 28 heavy (non-hydrogen) atoms. The van der Waals surface area contributed by atoms with Gasteiger partial charge in [-0.2, -0.15) is 13.2 Å². The highest BCUT2D eigenvalue weighted by Crippen LogP contribution is 2.33. The first-order valence-corrected chi connectivity index (χ1v) is 9.78. The van der Waals surface area contributed by atoms with Crippen LogP contribution in [0.3, 0.4) is 0 Å². The molecule has 3 N–H and O–H groups in total. The fourth-order valence-electron chi connectivity index (χ4n) is 2.07. The zero-order valence-corrected chi connectivity index (χ0v) is 16.6. The molecule has 0 aromatic carbocycles. The van der Waals surface area contributed by atoms with Crippen LogP contribution in [0.5, 0.6) is 0 Å². The first-order valence-electron chi connectivity index (χ1n) is 8.08. The SMILES string of the molecule is C#C.Cc1nc(CO)sc1-c1csc(NC(=O)C2CCC2)n1.OCC(F)(F)F. The third kappa shape index (κ3) is 7.20. The van der Waals surface area contributed by atoms with Gasteiger partial charge in [0.15, 0.2) is 5.13 Å². The lowest BCUT2D eigenvalue weighted by Crippen LogP contribution is -2.27. The van der Waals surface area contributed by atoms with Crippen LogP contribution < -0.4 is 5.32 Å². The van der Waals surface area contributed by atoms with Crippen LogP contribution in [0.25, 0.3) is 10.6 Å². The number of thiazole rings is 2. The van der Waals surface area contributed by atoms with Crippen molar-refractivity contribution in [2.75, 3.05) is 11.9 Å². The van der Waals surface area contributed by atoms with E-state index >= 15 is 0 Å². The maximum absolute atomic E-state index is 11.9. The molecule has 2 aromatic rings. The van der Waals surface area contributed by atoms with Gasteiger partial charge in [-0.1, -0.05) is 6.42 Å². The van der Waals surface area contributed by atoms with Crippen molar-refractivity contribution in [2.45, 2.75) is 39.0 Å². The molecule has 2 heterocycles. The number of aryl methyl sites for hydroxylation is 1. The predicted octanol–water partition coefficient (Wildman–Crippen LogP) is 3.60. The van der Waals surface area contributed by atoms with Crippen LogP contribution in [-0.4, -0.2) is 38.9 Å². The third-order valence-corrected chi connectivity index (χ3v) is 5.52. The molecule has 0 spiro atoms. The minimum atomic E-state index is -4.40. The maximum Gasteiger partial charge on any atom is 0.411 e. The number of nitrogens with zero attached hydrogens (tertiary/aromatic N) is 2. The van der Waals surface area contributed by atoms with E-state index in [-0.39, 0.29) is 18.4 Å². The summed E-state index contributed by atoms with van der Waals surface area (Å²) in [6.45, 7) is 0.116. The summed E-state index contributed by atoms with van der Waals surface area (Å²) < 4.78 is 31.6. The van der Waals surface area contributed by atoms with E-state index in [9.17, 15) is 18.0 Å². The molecule has 11 heteroatoms. The molecule has 3 rings (SSSR count). The predicted molar refractivity (Wildman–Crippen MR) is 103 cm³/mol. The molecule has 1 aliphatic rings. The maximum atomic E-state index is 11.9. The molecule has 1 amide bonds. The van der Waals surface area contributed by atoms with Crippen molar-refractivity contribution >= 4 is 33.7 Å². The molecule has 1 saturated carbocycles. The molecular formula is C17H20F3N3O3S2. The highest BCUT2D eigenvalue weighted by Gasteiger charge is 2.26. The average Bonchev–Trinajstić information content (AvgIpc) is 3.21. The normalized spacial score (nSPS) is 13.4. The Kier molecular flexibility index (Phi) is 9.54. The van der Waals surface area contributed by atoms with E-state index in [4.69, 9.17) is 10.2 Å². The van der Waals surface area contributed by atoms with Crippen LogP contribution >= 0.6 is 22.7 Å². The van der Waals surface area contributed by atoms with E-state index < -0.39 is 12.8 Å². The minimum absolute atomic E-state index is 0.0546. The van der Waals surface area contributed by atoms with E-state index in [0.717, 1.165) is 35.5 Å². The van der Waals surface area contributed by atoms with Crippen molar-refractivity contribution in [3.8, 4) is 23.4 Å². The summed E-state index contributed by atoms with van der Waals surface area (Å²) in [5, 5.41) is 22.5. The van der Waals surface area contributed by atoms with Crippen molar-refractivity contribution in [3.63, 3.8) is 0 Å². The Morgan fingerprint density at radius 2 is 1.93 bits per heavy atom.